The van der Waals surface area contributed by atoms with Crippen molar-refractivity contribution < 1.29 is 13.9 Å². The average Bonchev–Trinajstić information content (AvgIpc) is 3.43. The monoisotopic (exact) mass is 458 g/mol. The number of amides is 1. The van der Waals surface area contributed by atoms with Gasteiger partial charge in [-0.05, 0) is 48.5 Å². The van der Waals surface area contributed by atoms with Gasteiger partial charge in [0.05, 0.1) is 29.6 Å². The maximum atomic E-state index is 13.1. The summed E-state index contributed by atoms with van der Waals surface area (Å²) >= 11 is 9.36. The molecular formula is C22H19ClN2O3S2. The molecule has 0 aliphatic carbocycles. The molecule has 0 atom stereocenters. The molecule has 0 spiro atoms. The van der Waals surface area contributed by atoms with E-state index in [1.165, 1.54) is 11.3 Å². The number of carbonyl (C=O) groups excluding carboxylic acids is 1. The van der Waals surface area contributed by atoms with Crippen LogP contribution in [0.25, 0.3) is 10.2 Å². The molecule has 4 aromatic rings. The van der Waals surface area contributed by atoms with E-state index in [4.69, 9.17) is 20.8 Å². The molecule has 2 aromatic heterocycles. The Balaban J connectivity index is 1.49. The van der Waals surface area contributed by atoms with Gasteiger partial charge in [0.2, 0.25) is 5.91 Å². The summed E-state index contributed by atoms with van der Waals surface area (Å²) in [5.74, 6) is 2.17. The Morgan fingerprint density at radius 1 is 1.20 bits per heavy atom. The highest BCUT2D eigenvalue weighted by molar-refractivity contribution is 7.99. The van der Waals surface area contributed by atoms with Crippen molar-refractivity contribution in [3.05, 3.63) is 71.6 Å². The van der Waals surface area contributed by atoms with Crippen molar-refractivity contribution in [2.45, 2.75) is 17.9 Å². The van der Waals surface area contributed by atoms with Crippen molar-refractivity contribution in [3.63, 3.8) is 0 Å². The van der Waals surface area contributed by atoms with Crippen molar-refractivity contribution in [1.82, 2.24) is 4.98 Å². The molecule has 4 rings (SSSR count). The van der Waals surface area contributed by atoms with Crippen LogP contribution in [0.4, 0.5) is 5.13 Å². The minimum Gasteiger partial charge on any atom is -0.497 e. The molecule has 2 aromatic carbocycles. The normalized spacial score (nSPS) is 11.0. The van der Waals surface area contributed by atoms with Gasteiger partial charge in [-0.25, -0.2) is 4.98 Å². The van der Waals surface area contributed by atoms with Crippen LogP contribution in [0, 0.1) is 0 Å². The molecule has 154 valence electrons. The molecule has 0 radical (unpaired) electrons. The second kappa shape index (κ2) is 9.55. The zero-order valence-corrected chi connectivity index (χ0v) is 18.6. The van der Waals surface area contributed by atoms with Gasteiger partial charge in [0.15, 0.2) is 5.13 Å². The number of hydrogen-bond acceptors (Lipinski definition) is 6. The summed E-state index contributed by atoms with van der Waals surface area (Å²) in [7, 11) is 1.64. The number of benzene rings is 2. The first-order valence-electron chi connectivity index (χ1n) is 9.28. The van der Waals surface area contributed by atoms with Gasteiger partial charge in [-0.15, -0.1) is 11.8 Å². The molecule has 5 nitrogen and oxygen atoms in total. The average molecular weight is 459 g/mol. The van der Waals surface area contributed by atoms with Crippen LogP contribution in [0.1, 0.15) is 12.2 Å². The molecule has 30 heavy (non-hydrogen) atoms. The Bertz CT molecular complexity index is 1130. The van der Waals surface area contributed by atoms with Crippen LogP contribution in [0.5, 0.6) is 5.75 Å². The lowest BCUT2D eigenvalue weighted by Crippen LogP contribution is -2.30. The van der Waals surface area contributed by atoms with E-state index in [1.54, 1.807) is 36.1 Å². The summed E-state index contributed by atoms with van der Waals surface area (Å²) in [5.41, 5.74) is 0.712. The van der Waals surface area contributed by atoms with Crippen molar-refractivity contribution in [1.29, 1.82) is 0 Å². The third-order valence-electron chi connectivity index (χ3n) is 4.43. The number of aromatic nitrogens is 1. The van der Waals surface area contributed by atoms with Crippen LogP contribution < -0.4 is 9.64 Å². The second-order valence-corrected chi connectivity index (χ2v) is 9.00. The number of furan rings is 1. The number of hydrogen-bond donors (Lipinski definition) is 0. The van der Waals surface area contributed by atoms with E-state index in [0.29, 0.717) is 40.1 Å². The van der Waals surface area contributed by atoms with Crippen LogP contribution in [-0.2, 0) is 11.3 Å². The number of fused-ring (bicyclic) bond motifs is 1. The lowest BCUT2D eigenvalue weighted by Gasteiger charge is -2.18. The van der Waals surface area contributed by atoms with Gasteiger partial charge in [0.25, 0.3) is 0 Å². The van der Waals surface area contributed by atoms with Crippen molar-refractivity contribution >= 4 is 56.0 Å². The smallest absolute Gasteiger partial charge is 0.230 e. The number of rotatable bonds is 8. The van der Waals surface area contributed by atoms with Gasteiger partial charge < -0.3 is 9.15 Å². The molecule has 2 heterocycles. The predicted molar refractivity (Wildman–Crippen MR) is 123 cm³/mol. The minimum atomic E-state index is -0.0115. The predicted octanol–water partition coefficient (Wildman–Crippen LogP) is 6.27. The Morgan fingerprint density at radius 2 is 2.03 bits per heavy atom. The molecule has 1 amide bonds. The first kappa shape index (κ1) is 20.8. The second-order valence-electron chi connectivity index (χ2n) is 6.42. The van der Waals surface area contributed by atoms with Crippen LogP contribution in [0.15, 0.2) is 70.2 Å². The third-order valence-corrected chi connectivity index (χ3v) is 6.79. The number of carbonyl (C=O) groups is 1. The standard InChI is InChI=1S/C22H19ClN2O3S2/c1-27-15-7-9-17(10-8-15)29-13-11-20(26)25(14-16-4-3-12-28-16)22-24-21-18(23)5-2-6-19(21)30-22/h2-10,12H,11,13-14H2,1H3. The van der Waals surface area contributed by atoms with E-state index in [1.807, 2.05) is 48.5 Å². The van der Waals surface area contributed by atoms with Gasteiger partial charge in [-0.1, -0.05) is 29.0 Å². The van der Waals surface area contributed by atoms with Crippen LogP contribution in [0.2, 0.25) is 5.02 Å². The number of methoxy groups -OCH3 is 1. The summed E-state index contributed by atoms with van der Waals surface area (Å²) in [6, 6.07) is 17.1. The van der Waals surface area contributed by atoms with E-state index in [2.05, 4.69) is 4.98 Å². The van der Waals surface area contributed by atoms with Gasteiger partial charge in [0.1, 0.15) is 17.0 Å². The first-order valence-corrected chi connectivity index (χ1v) is 11.5. The topological polar surface area (TPSA) is 55.6 Å². The van der Waals surface area contributed by atoms with E-state index in [-0.39, 0.29) is 5.91 Å². The first-order chi connectivity index (χ1) is 14.6. The minimum absolute atomic E-state index is 0.0115. The number of para-hydroxylation sites is 1. The van der Waals surface area contributed by atoms with Crippen LogP contribution in [-0.4, -0.2) is 23.8 Å². The lowest BCUT2D eigenvalue weighted by molar-refractivity contribution is -0.118. The number of ether oxygens (including phenoxy) is 1. The molecule has 0 aliphatic heterocycles. The molecule has 0 saturated heterocycles. The summed E-state index contributed by atoms with van der Waals surface area (Å²) in [5, 5.41) is 1.20. The quantitative estimate of drug-likeness (QED) is 0.291. The zero-order valence-electron chi connectivity index (χ0n) is 16.2. The molecular weight excluding hydrogens is 440 g/mol. The third kappa shape index (κ3) is 4.80. The van der Waals surface area contributed by atoms with E-state index < -0.39 is 0 Å². The summed E-state index contributed by atoms with van der Waals surface area (Å²) in [4.78, 5) is 20.5. The van der Waals surface area contributed by atoms with Gasteiger partial charge >= 0.3 is 0 Å². The lowest BCUT2D eigenvalue weighted by atomic mass is 10.3. The molecule has 0 aliphatic rings. The summed E-state index contributed by atoms with van der Waals surface area (Å²) in [6.45, 7) is 0.330. The van der Waals surface area contributed by atoms with Crippen molar-refractivity contribution in [3.8, 4) is 5.75 Å². The van der Waals surface area contributed by atoms with E-state index in [9.17, 15) is 4.79 Å². The highest BCUT2D eigenvalue weighted by Crippen LogP contribution is 2.34. The SMILES string of the molecule is COc1ccc(SCCC(=O)N(Cc2ccco2)c2nc3c(Cl)cccc3s2)cc1. The molecule has 8 heteroatoms. The molecule has 0 bridgehead atoms. The number of thioether (sulfide) groups is 1. The highest BCUT2D eigenvalue weighted by atomic mass is 35.5. The fraction of sp³-hybridized carbons (Fsp3) is 0.182. The van der Waals surface area contributed by atoms with Gasteiger partial charge in [-0.3, -0.25) is 9.69 Å². The van der Waals surface area contributed by atoms with E-state index >= 15 is 0 Å². The zero-order chi connectivity index (χ0) is 20.9. The number of thiazole rings is 1. The van der Waals surface area contributed by atoms with Gasteiger partial charge in [-0.2, -0.15) is 0 Å². The molecule has 0 fully saturated rings. The highest BCUT2D eigenvalue weighted by Gasteiger charge is 2.21. The Labute approximate surface area is 187 Å². The number of halogens is 1. The van der Waals surface area contributed by atoms with Crippen LogP contribution in [0.3, 0.4) is 0 Å². The molecule has 0 saturated carbocycles. The summed E-state index contributed by atoms with van der Waals surface area (Å²) < 4.78 is 11.6. The van der Waals surface area contributed by atoms with Crippen LogP contribution >= 0.6 is 34.7 Å². The fourth-order valence-corrected chi connectivity index (χ4v) is 5.03. The fourth-order valence-electron chi connectivity index (χ4n) is 2.90. The number of anilines is 1. The Morgan fingerprint density at radius 3 is 2.73 bits per heavy atom. The Kier molecular flexibility index (Phi) is 6.62. The molecule has 0 N–H and O–H groups in total. The maximum absolute atomic E-state index is 13.1. The Hall–Kier alpha value is -2.48. The van der Waals surface area contributed by atoms with Crippen molar-refractivity contribution in [2.75, 3.05) is 17.8 Å². The maximum Gasteiger partial charge on any atom is 0.230 e. The number of nitrogens with zero attached hydrogens (tertiary/aromatic N) is 2. The molecule has 0 unspecified atom stereocenters. The summed E-state index contributed by atoms with van der Waals surface area (Å²) in [6.07, 6.45) is 1.98. The van der Waals surface area contributed by atoms with E-state index in [0.717, 1.165) is 15.3 Å². The van der Waals surface area contributed by atoms with Crippen molar-refractivity contribution in [2.24, 2.45) is 0 Å². The largest absolute Gasteiger partial charge is 0.497 e. The van der Waals surface area contributed by atoms with Gasteiger partial charge in [0, 0.05) is 17.1 Å².